The fourth-order valence-corrected chi connectivity index (χ4v) is 1.57. The Bertz CT molecular complexity index is 347. The Kier molecular flexibility index (Phi) is 2.11. The van der Waals surface area contributed by atoms with Crippen LogP contribution in [-0.2, 0) is 5.54 Å². The Balaban J connectivity index is 2.49. The fourth-order valence-electron chi connectivity index (χ4n) is 1.57. The minimum Gasteiger partial charge on any atom is -0.454 e. The van der Waals surface area contributed by atoms with Gasteiger partial charge >= 0.3 is 0 Å². The lowest BCUT2D eigenvalue weighted by molar-refractivity contribution is 0.172. The number of nitrogens with two attached hydrogens (primary N) is 1. The Hall–Kier alpha value is -1.22. The Labute approximate surface area is 83.8 Å². The highest BCUT2D eigenvalue weighted by Crippen LogP contribution is 2.40. The van der Waals surface area contributed by atoms with E-state index in [-0.39, 0.29) is 5.54 Å². The number of ether oxygens (including phenoxy) is 2. The van der Waals surface area contributed by atoms with Gasteiger partial charge in [0.15, 0.2) is 11.5 Å². The molecule has 14 heavy (non-hydrogen) atoms. The molecule has 1 atom stereocenters. The van der Waals surface area contributed by atoms with Crippen molar-refractivity contribution in [2.24, 2.45) is 5.73 Å². The molecule has 3 nitrogen and oxygen atoms in total. The lowest BCUT2D eigenvalue weighted by Crippen LogP contribution is -2.32. The molecule has 0 saturated carbocycles. The molecule has 0 spiro atoms. The molecule has 0 saturated heterocycles. The fraction of sp³-hybridized carbons (Fsp3) is 0.455. The second-order valence-electron chi connectivity index (χ2n) is 3.81. The molecule has 0 radical (unpaired) electrons. The van der Waals surface area contributed by atoms with Gasteiger partial charge in [0.05, 0.1) is 0 Å². The number of rotatable bonds is 2. The molecule has 0 aromatic heterocycles. The molecule has 1 aromatic carbocycles. The average Bonchev–Trinajstić information content (AvgIpc) is 2.64. The van der Waals surface area contributed by atoms with E-state index >= 15 is 0 Å². The molecule has 2 rings (SSSR count). The van der Waals surface area contributed by atoms with Crippen molar-refractivity contribution in [1.29, 1.82) is 0 Å². The molecular formula is C11H15NO2. The van der Waals surface area contributed by atoms with Crippen LogP contribution >= 0.6 is 0 Å². The standard InChI is InChI=1S/C11H15NO2/c1-3-11(2,12)8-5-4-6-9-10(8)14-7-13-9/h4-6H,3,7,12H2,1-2H3. The minimum atomic E-state index is -0.348. The van der Waals surface area contributed by atoms with Crippen molar-refractivity contribution < 1.29 is 9.47 Å². The summed E-state index contributed by atoms with van der Waals surface area (Å²) < 4.78 is 10.7. The van der Waals surface area contributed by atoms with Gasteiger partial charge in [-0.1, -0.05) is 19.1 Å². The van der Waals surface area contributed by atoms with Crippen LogP contribution in [0.4, 0.5) is 0 Å². The van der Waals surface area contributed by atoms with Crippen LogP contribution in [0.3, 0.4) is 0 Å². The second kappa shape index (κ2) is 3.17. The first-order valence-corrected chi connectivity index (χ1v) is 4.83. The maximum atomic E-state index is 6.17. The van der Waals surface area contributed by atoms with Gasteiger partial charge in [-0.25, -0.2) is 0 Å². The van der Waals surface area contributed by atoms with Crippen LogP contribution in [0.15, 0.2) is 18.2 Å². The third-order valence-corrected chi connectivity index (χ3v) is 2.75. The molecule has 1 unspecified atom stereocenters. The molecule has 1 aliphatic heterocycles. The zero-order chi connectivity index (χ0) is 10.2. The van der Waals surface area contributed by atoms with E-state index in [0.717, 1.165) is 23.5 Å². The van der Waals surface area contributed by atoms with Crippen LogP contribution in [0.5, 0.6) is 11.5 Å². The maximum absolute atomic E-state index is 6.17. The van der Waals surface area contributed by atoms with Crippen molar-refractivity contribution in [1.82, 2.24) is 0 Å². The van der Waals surface area contributed by atoms with E-state index in [1.807, 2.05) is 25.1 Å². The van der Waals surface area contributed by atoms with E-state index in [1.54, 1.807) is 0 Å². The Morgan fingerprint density at radius 3 is 2.93 bits per heavy atom. The van der Waals surface area contributed by atoms with E-state index in [9.17, 15) is 0 Å². The zero-order valence-electron chi connectivity index (χ0n) is 8.54. The highest BCUT2D eigenvalue weighted by molar-refractivity contribution is 5.50. The highest BCUT2D eigenvalue weighted by Gasteiger charge is 2.27. The van der Waals surface area contributed by atoms with Gasteiger partial charge in [0.1, 0.15) is 0 Å². The van der Waals surface area contributed by atoms with E-state index in [0.29, 0.717) is 6.79 Å². The summed E-state index contributed by atoms with van der Waals surface area (Å²) in [6.07, 6.45) is 0.868. The molecule has 0 fully saturated rings. The normalized spacial score (nSPS) is 17.9. The molecule has 0 bridgehead atoms. The highest BCUT2D eigenvalue weighted by atomic mass is 16.7. The van der Waals surface area contributed by atoms with Crippen molar-refractivity contribution in [3.8, 4) is 11.5 Å². The molecular weight excluding hydrogens is 178 g/mol. The van der Waals surface area contributed by atoms with Gasteiger partial charge in [-0.2, -0.15) is 0 Å². The van der Waals surface area contributed by atoms with Gasteiger partial charge in [0.2, 0.25) is 6.79 Å². The number of benzene rings is 1. The maximum Gasteiger partial charge on any atom is 0.231 e. The number of hydrogen-bond acceptors (Lipinski definition) is 3. The first-order chi connectivity index (χ1) is 6.65. The summed E-state index contributed by atoms with van der Waals surface area (Å²) >= 11 is 0. The molecule has 1 aromatic rings. The van der Waals surface area contributed by atoms with Gasteiger partial charge in [-0.05, 0) is 19.4 Å². The molecule has 76 valence electrons. The van der Waals surface area contributed by atoms with Crippen LogP contribution in [0.1, 0.15) is 25.8 Å². The molecule has 0 aliphatic carbocycles. The van der Waals surface area contributed by atoms with E-state index in [2.05, 4.69) is 6.92 Å². The zero-order valence-corrected chi connectivity index (χ0v) is 8.54. The van der Waals surface area contributed by atoms with Gasteiger partial charge < -0.3 is 15.2 Å². The van der Waals surface area contributed by atoms with Crippen LogP contribution in [0, 0.1) is 0 Å². The van der Waals surface area contributed by atoms with Gasteiger partial charge in [0.25, 0.3) is 0 Å². The summed E-state index contributed by atoms with van der Waals surface area (Å²) in [7, 11) is 0. The van der Waals surface area contributed by atoms with E-state index in [4.69, 9.17) is 15.2 Å². The summed E-state index contributed by atoms with van der Waals surface area (Å²) in [5.74, 6) is 1.60. The average molecular weight is 193 g/mol. The largest absolute Gasteiger partial charge is 0.454 e. The van der Waals surface area contributed by atoms with Crippen LogP contribution in [0.25, 0.3) is 0 Å². The SMILES string of the molecule is CCC(C)(N)c1cccc2c1OCO2. The predicted molar refractivity (Wildman–Crippen MR) is 54.4 cm³/mol. The lowest BCUT2D eigenvalue weighted by Gasteiger charge is -2.24. The number of fused-ring (bicyclic) bond motifs is 1. The summed E-state index contributed by atoms with van der Waals surface area (Å²) in [4.78, 5) is 0. The predicted octanol–water partition coefficient (Wildman–Crippen LogP) is 2.00. The summed E-state index contributed by atoms with van der Waals surface area (Å²) in [6.45, 7) is 4.37. The quantitative estimate of drug-likeness (QED) is 0.781. The number of para-hydroxylation sites is 1. The van der Waals surface area contributed by atoms with Gasteiger partial charge in [0, 0.05) is 11.1 Å². The lowest BCUT2D eigenvalue weighted by atomic mass is 9.89. The van der Waals surface area contributed by atoms with Crippen LogP contribution in [0.2, 0.25) is 0 Å². The minimum absolute atomic E-state index is 0.298. The van der Waals surface area contributed by atoms with Crippen molar-refractivity contribution >= 4 is 0 Å². The van der Waals surface area contributed by atoms with Crippen molar-refractivity contribution in [3.63, 3.8) is 0 Å². The Morgan fingerprint density at radius 2 is 2.21 bits per heavy atom. The molecule has 3 heteroatoms. The summed E-state index contributed by atoms with van der Waals surface area (Å²) in [5.41, 5.74) is 6.85. The van der Waals surface area contributed by atoms with Gasteiger partial charge in [-0.3, -0.25) is 0 Å². The second-order valence-corrected chi connectivity index (χ2v) is 3.81. The van der Waals surface area contributed by atoms with Crippen molar-refractivity contribution in [2.45, 2.75) is 25.8 Å². The summed E-state index contributed by atoms with van der Waals surface area (Å²) in [6, 6.07) is 5.85. The number of hydrogen-bond donors (Lipinski definition) is 1. The third kappa shape index (κ3) is 1.34. The van der Waals surface area contributed by atoms with E-state index in [1.165, 1.54) is 0 Å². The molecule has 2 N–H and O–H groups in total. The van der Waals surface area contributed by atoms with Crippen molar-refractivity contribution in [2.75, 3.05) is 6.79 Å². The molecule has 1 heterocycles. The van der Waals surface area contributed by atoms with Crippen LogP contribution < -0.4 is 15.2 Å². The molecule has 1 aliphatic rings. The van der Waals surface area contributed by atoms with E-state index < -0.39 is 0 Å². The van der Waals surface area contributed by atoms with Crippen molar-refractivity contribution in [3.05, 3.63) is 23.8 Å². The summed E-state index contributed by atoms with van der Waals surface area (Å²) in [5, 5.41) is 0. The third-order valence-electron chi connectivity index (χ3n) is 2.75. The Morgan fingerprint density at radius 1 is 1.43 bits per heavy atom. The smallest absolute Gasteiger partial charge is 0.231 e. The van der Waals surface area contributed by atoms with Crippen LogP contribution in [-0.4, -0.2) is 6.79 Å². The van der Waals surface area contributed by atoms with Gasteiger partial charge in [-0.15, -0.1) is 0 Å². The monoisotopic (exact) mass is 193 g/mol. The topological polar surface area (TPSA) is 44.5 Å². The molecule has 0 amide bonds. The first kappa shape index (κ1) is 9.34. The first-order valence-electron chi connectivity index (χ1n) is 4.83.